The molecule has 6 aromatic rings. The van der Waals surface area contributed by atoms with E-state index in [1.54, 1.807) is 10.8 Å². The monoisotopic (exact) mass is 572 g/mol. The summed E-state index contributed by atoms with van der Waals surface area (Å²) < 4.78 is 3.66. The molecule has 1 aliphatic heterocycles. The first kappa shape index (κ1) is 26.6. The van der Waals surface area contributed by atoms with Crippen molar-refractivity contribution in [2.24, 2.45) is 0 Å². The van der Waals surface area contributed by atoms with Gasteiger partial charge in [-0.05, 0) is 104 Å². The number of anilines is 5. The summed E-state index contributed by atoms with van der Waals surface area (Å²) in [6.07, 6.45) is 5.14. The zero-order chi connectivity index (χ0) is 29.3. The summed E-state index contributed by atoms with van der Waals surface area (Å²) in [5, 5.41) is 32.5. The molecular formula is C34H32N6O3. The highest BCUT2D eigenvalue weighted by Crippen LogP contribution is 2.28. The van der Waals surface area contributed by atoms with Gasteiger partial charge in [-0.2, -0.15) is 5.10 Å². The summed E-state index contributed by atoms with van der Waals surface area (Å²) in [5.74, 6) is -0.862. The Labute approximate surface area is 248 Å². The van der Waals surface area contributed by atoms with Crippen LogP contribution < -0.4 is 15.5 Å². The lowest BCUT2D eigenvalue weighted by atomic mass is 10.1. The molecule has 0 amide bonds. The summed E-state index contributed by atoms with van der Waals surface area (Å²) >= 11 is 0. The van der Waals surface area contributed by atoms with Gasteiger partial charge in [0.25, 0.3) is 0 Å². The molecule has 7 rings (SSSR count). The maximum atomic E-state index is 11.1. The van der Waals surface area contributed by atoms with Crippen LogP contribution in [0.3, 0.4) is 0 Å². The molecule has 4 aromatic carbocycles. The third-order valence-electron chi connectivity index (χ3n) is 8.03. The number of carbonyl (C=O) groups is 1. The van der Waals surface area contributed by atoms with Gasteiger partial charge in [-0.25, -0.2) is 4.68 Å². The van der Waals surface area contributed by atoms with E-state index in [9.17, 15) is 9.90 Å². The van der Waals surface area contributed by atoms with Crippen molar-refractivity contribution in [1.82, 2.24) is 14.3 Å². The smallest absolute Gasteiger partial charge is 0.323 e. The minimum atomic E-state index is -0.862. The molecule has 2 aromatic heterocycles. The fourth-order valence-corrected chi connectivity index (χ4v) is 5.78. The molecule has 0 saturated carbocycles. The predicted octanol–water partition coefficient (Wildman–Crippen LogP) is 6.51. The fraction of sp³-hybridized carbons (Fsp3) is 0.176. The molecule has 4 N–H and O–H groups in total. The van der Waals surface area contributed by atoms with E-state index < -0.39 is 5.97 Å². The minimum absolute atomic E-state index is 0.0576. The SMILES string of the molecule is O=C(O)Cn1ccc2cc(Nc3ccc(-n4ncc5cc(Nc6ccc(N7CCC(O)CC7)cc6)ccc54)cc3)ccc21. The number of piperidine rings is 1. The molecule has 1 saturated heterocycles. The fourth-order valence-electron chi connectivity index (χ4n) is 5.78. The number of nitrogens with zero attached hydrogens (tertiary/aromatic N) is 4. The summed E-state index contributed by atoms with van der Waals surface area (Å²) in [5.41, 5.74) is 7.94. The van der Waals surface area contributed by atoms with Gasteiger partial charge < -0.3 is 30.3 Å². The van der Waals surface area contributed by atoms with Gasteiger partial charge in [0.15, 0.2) is 0 Å². The van der Waals surface area contributed by atoms with E-state index in [0.29, 0.717) is 0 Å². The van der Waals surface area contributed by atoms with E-state index >= 15 is 0 Å². The molecule has 1 aliphatic rings. The number of aliphatic carboxylic acids is 1. The number of aliphatic hydroxyl groups excluding tert-OH is 1. The Bertz CT molecular complexity index is 1900. The molecular weight excluding hydrogens is 540 g/mol. The van der Waals surface area contributed by atoms with Crippen molar-refractivity contribution in [3.63, 3.8) is 0 Å². The van der Waals surface area contributed by atoms with Crippen LogP contribution in [0.2, 0.25) is 0 Å². The Morgan fingerprint density at radius 3 is 1.98 bits per heavy atom. The second-order valence-electron chi connectivity index (χ2n) is 11.0. The number of nitrogens with one attached hydrogen (secondary N) is 2. The second-order valence-corrected chi connectivity index (χ2v) is 11.0. The number of fused-ring (bicyclic) bond motifs is 2. The molecule has 1 fully saturated rings. The Hall–Kier alpha value is -5.28. The summed E-state index contributed by atoms with van der Waals surface area (Å²) in [7, 11) is 0. The van der Waals surface area contributed by atoms with Gasteiger partial charge in [-0.3, -0.25) is 4.79 Å². The molecule has 9 nitrogen and oxygen atoms in total. The van der Waals surface area contributed by atoms with E-state index in [1.807, 2.05) is 59.4 Å². The number of hydrogen-bond donors (Lipinski definition) is 4. The van der Waals surface area contributed by atoms with E-state index in [1.165, 1.54) is 5.69 Å². The van der Waals surface area contributed by atoms with Crippen molar-refractivity contribution in [3.8, 4) is 5.69 Å². The number of rotatable bonds is 8. The lowest BCUT2D eigenvalue weighted by Crippen LogP contribution is -2.35. The van der Waals surface area contributed by atoms with Gasteiger partial charge in [-0.1, -0.05) is 0 Å². The molecule has 0 unspecified atom stereocenters. The van der Waals surface area contributed by atoms with Crippen LogP contribution in [0, 0.1) is 0 Å². The van der Waals surface area contributed by atoms with E-state index in [0.717, 1.165) is 76.2 Å². The van der Waals surface area contributed by atoms with Crippen molar-refractivity contribution >= 4 is 56.2 Å². The van der Waals surface area contributed by atoms with Crippen molar-refractivity contribution in [2.75, 3.05) is 28.6 Å². The van der Waals surface area contributed by atoms with Gasteiger partial charge in [0.05, 0.1) is 23.5 Å². The molecule has 0 radical (unpaired) electrons. The quantitative estimate of drug-likeness (QED) is 0.165. The normalized spacial score (nSPS) is 13.9. The highest BCUT2D eigenvalue weighted by Gasteiger charge is 2.17. The van der Waals surface area contributed by atoms with Crippen LogP contribution in [0.15, 0.2) is 103 Å². The molecule has 43 heavy (non-hydrogen) atoms. The average molecular weight is 573 g/mol. The summed E-state index contributed by atoms with van der Waals surface area (Å²) in [6.45, 7) is 1.71. The first-order chi connectivity index (χ1) is 21.0. The molecule has 3 heterocycles. The standard InChI is InChI=1S/C34H32N6O3/c41-31-14-17-38(18-15-31)29-7-1-25(2-8-29)37-28-6-12-33-24(20-28)21-35-40(33)30-9-3-26(4-10-30)36-27-5-11-32-23(19-27)13-16-39(32)22-34(42)43/h1-13,16,19-21,31,36-37,41H,14-15,17-18,22H2,(H,42,43). The average Bonchev–Trinajstić information content (AvgIpc) is 3.62. The Kier molecular flexibility index (Phi) is 6.92. The van der Waals surface area contributed by atoms with Crippen LogP contribution >= 0.6 is 0 Å². The second kappa shape index (κ2) is 11.2. The number of aliphatic hydroxyl groups is 1. The van der Waals surface area contributed by atoms with Crippen LogP contribution in [0.4, 0.5) is 28.4 Å². The lowest BCUT2D eigenvalue weighted by molar-refractivity contribution is -0.137. The van der Waals surface area contributed by atoms with Crippen molar-refractivity contribution < 1.29 is 15.0 Å². The molecule has 0 bridgehead atoms. The van der Waals surface area contributed by atoms with Crippen LogP contribution in [0.1, 0.15) is 12.8 Å². The molecule has 9 heteroatoms. The number of benzene rings is 4. The zero-order valence-corrected chi connectivity index (χ0v) is 23.5. The summed E-state index contributed by atoms with van der Waals surface area (Å²) in [6, 6.07) is 30.7. The van der Waals surface area contributed by atoms with Crippen LogP contribution in [0.25, 0.3) is 27.5 Å². The number of carboxylic acids is 1. The predicted molar refractivity (Wildman–Crippen MR) is 171 cm³/mol. The van der Waals surface area contributed by atoms with Crippen molar-refractivity contribution in [3.05, 3.63) is 103 Å². The van der Waals surface area contributed by atoms with Gasteiger partial charge >= 0.3 is 5.97 Å². The van der Waals surface area contributed by atoms with Gasteiger partial charge in [0.1, 0.15) is 6.54 Å². The minimum Gasteiger partial charge on any atom is -0.480 e. The van der Waals surface area contributed by atoms with Gasteiger partial charge in [0.2, 0.25) is 0 Å². The van der Waals surface area contributed by atoms with Crippen molar-refractivity contribution in [2.45, 2.75) is 25.5 Å². The van der Waals surface area contributed by atoms with E-state index in [-0.39, 0.29) is 12.6 Å². The van der Waals surface area contributed by atoms with Crippen LogP contribution in [0.5, 0.6) is 0 Å². The Balaban J connectivity index is 1.02. The highest BCUT2D eigenvalue weighted by molar-refractivity contribution is 5.87. The molecule has 0 spiro atoms. The first-order valence-corrected chi connectivity index (χ1v) is 14.4. The third-order valence-corrected chi connectivity index (χ3v) is 8.03. The van der Waals surface area contributed by atoms with Crippen molar-refractivity contribution in [1.29, 1.82) is 0 Å². The number of aromatic nitrogens is 3. The summed E-state index contributed by atoms with van der Waals surface area (Å²) in [4.78, 5) is 13.4. The first-order valence-electron chi connectivity index (χ1n) is 14.4. The number of hydrogen-bond acceptors (Lipinski definition) is 6. The molecule has 216 valence electrons. The van der Waals surface area contributed by atoms with Crippen LogP contribution in [-0.4, -0.2) is 49.7 Å². The van der Waals surface area contributed by atoms with E-state index in [4.69, 9.17) is 5.11 Å². The Morgan fingerprint density at radius 2 is 1.33 bits per heavy atom. The van der Waals surface area contributed by atoms with Crippen LogP contribution in [-0.2, 0) is 11.3 Å². The third kappa shape index (κ3) is 5.62. The van der Waals surface area contributed by atoms with Gasteiger partial charge in [-0.15, -0.1) is 0 Å². The van der Waals surface area contributed by atoms with Gasteiger partial charge in [0, 0.05) is 64.0 Å². The largest absolute Gasteiger partial charge is 0.480 e. The highest BCUT2D eigenvalue weighted by atomic mass is 16.4. The topological polar surface area (TPSA) is 108 Å². The lowest BCUT2D eigenvalue weighted by Gasteiger charge is -2.31. The molecule has 0 aliphatic carbocycles. The zero-order valence-electron chi connectivity index (χ0n) is 23.5. The maximum Gasteiger partial charge on any atom is 0.323 e. The molecule has 0 atom stereocenters. The maximum absolute atomic E-state index is 11.1. The Morgan fingerprint density at radius 1 is 0.744 bits per heavy atom. The number of carboxylic acid groups (broad SMARTS) is 1. The van der Waals surface area contributed by atoms with E-state index in [2.05, 4.69) is 63.1 Å².